The number of aliphatic hydroxyl groups is 2. The Kier molecular flexibility index (Phi) is 5.50. The third kappa shape index (κ3) is 3.75. The maximum absolute atomic E-state index is 12.2. The molecule has 1 saturated heterocycles. The van der Waals surface area contributed by atoms with Crippen molar-refractivity contribution in [1.82, 2.24) is 24.5 Å². The molecule has 3 atom stereocenters. The third-order valence-corrected chi connectivity index (χ3v) is 5.35. The van der Waals surface area contributed by atoms with Crippen molar-refractivity contribution in [2.75, 3.05) is 11.9 Å². The van der Waals surface area contributed by atoms with Crippen LogP contribution in [0.5, 0.6) is 0 Å². The van der Waals surface area contributed by atoms with Crippen LogP contribution in [0.3, 0.4) is 0 Å². The lowest BCUT2D eigenvalue weighted by atomic mass is 10.1. The van der Waals surface area contributed by atoms with Gasteiger partial charge < -0.3 is 20.3 Å². The van der Waals surface area contributed by atoms with Crippen molar-refractivity contribution < 1.29 is 19.7 Å². The standard InChI is InChI=1S/C20H22N6O6/c1-11-8-25(19(31)22-18(11)30)17-7-16(29)20(10-27,32-17)26-9-15(23-24-26)13-3-5-14(6-4-13)21-12(2)28/h3-6,8-9,16-17,27,29H,7,10H2,1-2H3,(H,21,28)(H,22,30,31)/t16-,17+,20+/m0/s1. The molecule has 0 spiro atoms. The van der Waals surface area contributed by atoms with Gasteiger partial charge in [0.1, 0.15) is 18.0 Å². The number of nitrogens with one attached hydrogen (secondary N) is 2. The normalized spacial score (nSPS) is 22.8. The number of aromatic amines is 1. The van der Waals surface area contributed by atoms with Crippen LogP contribution in [0.1, 0.15) is 25.1 Å². The topological polar surface area (TPSA) is 164 Å². The number of carbonyl (C=O) groups excluding carboxylic acids is 1. The van der Waals surface area contributed by atoms with Gasteiger partial charge in [-0.05, 0) is 19.1 Å². The average Bonchev–Trinajstić information content (AvgIpc) is 3.36. The summed E-state index contributed by atoms with van der Waals surface area (Å²) < 4.78 is 8.31. The van der Waals surface area contributed by atoms with Crippen LogP contribution in [0.15, 0.2) is 46.2 Å². The Morgan fingerprint density at radius 1 is 1.31 bits per heavy atom. The van der Waals surface area contributed by atoms with Crippen LogP contribution >= 0.6 is 0 Å². The highest BCUT2D eigenvalue weighted by atomic mass is 16.6. The van der Waals surface area contributed by atoms with Crippen molar-refractivity contribution in [2.45, 2.75) is 38.3 Å². The molecule has 1 fully saturated rings. The Labute approximate surface area is 181 Å². The van der Waals surface area contributed by atoms with Gasteiger partial charge in [-0.25, -0.2) is 9.48 Å². The Bertz CT molecular complexity index is 1260. The minimum Gasteiger partial charge on any atom is -0.391 e. The second-order valence-electron chi connectivity index (χ2n) is 7.61. The Morgan fingerprint density at radius 3 is 2.69 bits per heavy atom. The summed E-state index contributed by atoms with van der Waals surface area (Å²) >= 11 is 0. The van der Waals surface area contributed by atoms with Crippen LogP contribution < -0.4 is 16.6 Å². The number of ether oxygens (including phenoxy) is 1. The highest BCUT2D eigenvalue weighted by molar-refractivity contribution is 5.88. The van der Waals surface area contributed by atoms with E-state index in [1.54, 1.807) is 31.2 Å². The monoisotopic (exact) mass is 442 g/mol. The molecule has 1 amide bonds. The van der Waals surface area contributed by atoms with E-state index < -0.39 is 35.9 Å². The Hall–Kier alpha value is -3.61. The zero-order chi connectivity index (χ0) is 23.0. The predicted octanol–water partition coefficient (Wildman–Crippen LogP) is -0.313. The van der Waals surface area contributed by atoms with Crippen LogP contribution in [0.25, 0.3) is 11.3 Å². The van der Waals surface area contributed by atoms with Crippen molar-refractivity contribution >= 4 is 11.6 Å². The molecule has 1 aliphatic heterocycles. The lowest BCUT2D eigenvalue weighted by Crippen LogP contribution is -2.46. The number of aromatic nitrogens is 5. The average molecular weight is 442 g/mol. The van der Waals surface area contributed by atoms with E-state index in [2.05, 4.69) is 20.6 Å². The van der Waals surface area contributed by atoms with Crippen molar-refractivity contribution in [3.8, 4) is 11.3 Å². The molecule has 1 aliphatic rings. The zero-order valence-corrected chi connectivity index (χ0v) is 17.3. The number of amides is 1. The molecule has 4 rings (SSSR count). The molecule has 0 unspecified atom stereocenters. The van der Waals surface area contributed by atoms with Gasteiger partial charge in [0.15, 0.2) is 0 Å². The van der Waals surface area contributed by atoms with E-state index in [1.807, 2.05) is 0 Å². The number of nitrogens with zero attached hydrogens (tertiary/aromatic N) is 4. The summed E-state index contributed by atoms with van der Waals surface area (Å²) in [5.74, 6) is -0.188. The molecular weight excluding hydrogens is 420 g/mol. The first-order valence-electron chi connectivity index (χ1n) is 9.83. The van der Waals surface area contributed by atoms with Crippen LogP contribution in [0.2, 0.25) is 0 Å². The smallest absolute Gasteiger partial charge is 0.330 e. The van der Waals surface area contributed by atoms with E-state index in [0.29, 0.717) is 22.5 Å². The van der Waals surface area contributed by atoms with Crippen molar-refractivity contribution in [1.29, 1.82) is 0 Å². The Balaban J connectivity index is 1.63. The van der Waals surface area contributed by atoms with E-state index >= 15 is 0 Å². The molecule has 32 heavy (non-hydrogen) atoms. The predicted molar refractivity (Wildman–Crippen MR) is 112 cm³/mol. The summed E-state index contributed by atoms with van der Waals surface area (Å²) in [6.07, 6.45) is 0.677. The first-order valence-corrected chi connectivity index (χ1v) is 9.83. The number of H-pyrrole nitrogens is 1. The summed E-state index contributed by atoms with van der Waals surface area (Å²) in [4.78, 5) is 37.2. The molecule has 2 aromatic heterocycles. The number of anilines is 1. The molecule has 0 saturated carbocycles. The van der Waals surface area contributed by atoms with Crippen molar-refractivity contribution in [2.24, 2.45) is 0 Å². The maximum Gasteiger partial charge on any atom is 0.330 e. The summed E-state index contributed by atoms with van der Waals surface area (Å²) in [5.41, 5.74) is -0.808. The molecule has 0 radical (unpaired) electrons. The van der Waals surface area contributed by atoms with Crippen molar-refractivity contribution in [3.63, 3.8) is 0 Å². The molecule has 12 nitrogen and oxygen atoms in total. The van der Waals surface area contributed by atoms with Gasteiger partial charge in [0, 0.05) is 36.4 Å². The second kappa shape index (κ2) is 8.15. The maximum atomic E-state index is 12.2. The molecule has 1 aromatic carbocycles. The first-order chi connectivity index (χ1) is 15.2. The lowest BCUT2D eigenvalue weighted by Gasteiger charge is -2.29. The van der Waals surface area contributed by atoms with E-state index in [4.69, 9.17) is 4.74 Å². The highest BCUT2D eigenvalue weighted by Gasteiger charge is 2.51. The summed E-state index contributed by atoms with van der Waals surface area (Å²) in [5, 5.41) is 31.6. The quantitative estimate of drug-likeness (QED) is 0.418. The van der Waals surface area contributed by atoms with E-state index in [-0.39, 0.29) is 12.3 Å². The van der Waals surface area contributed by atoms with Gasteiger partial charge in [0.2, 0.25) is 11.6 Å². The molecular formula is C20H22N6O6. The van der Waals surface area contributed by atoms with Crippen LogP contribution in [-0.4, -0.2) is 53.4 Å². The van der Waals surface area contributed by atoms with E-state index in [9.17, 15) is 24.6 Å². The fraction of sp³-hybridized carbons (Fsp3) is 0.350. The number of aliphatic hydroxyl groups excluding tert-OH is 2. The minimum atomic E-state index is -1.67. The van der Waals surface area contributed by atoms with Crippen molar-refractivity contribution in [3.05, 3.63) is 63.1 Å². The van der Waals surface area contributed by atoms with Gasteiger partial charge in [-0.15, -0.1) is 5.10 Å². The van der Waals surface area contributed by atoms with Gasteiger partial charge in [0.25, 0.3) is 5.56 Å². The SMILES string of the molecule is CC(=O)Nc1ccc(-c2cn([C@]3(CO)O[C@@H](n4cc(C)c(=O)[nH]c4=O)C[C@@H]3O)nn2)cc1. The number of hydrogen-bond acceptors (Lipinski definition) is 8. The zero-order valence-electron chi connectivity index (χ0n) is 17.3. The van der Waals surface area contributed by atoms with Crippen LogP contribution in [0, 0.1) is 6.92 Å². The molecule has 0 aliphatic carbocycles. The molecule has 4 N–H and O–H groups in total. The Morgan fingerprint density at radius 2 is 2.03 bits per heavy atom. The van der Waals surface area contributed by atoms with Gasteiger partial charge in [-0.1, -0.05) is 17.3 Å². The lowest BCUT2D eigenvalue weighted by molar-refractivity contribution is -0.187. The third-order valence-electron chi connectivity index (χ3n) is 5.35. The number of rotatable bonds is 5. The number of hydrogen-bond donors (Lipinski definition) is 4. The van der Waals surface area contributed by atoms with Crippen LogP contribution in [-0.2, 0) is 15.3 Å². The summed E-state index contributed by atoms with van der Waals surface area (Å²) in [6, 6.07) is 6.89. The molecule has 3 heterocycles. The van der Waals surface area contributed by atoms with Gasteiger partial charge in [0.05, 0.1) is 12.8 Å². The largest absolute Gasteiger partial charge is 0.391 e. The number of benzene rings is 1. The number of carbonyl (C=O) groups is 1. The van der Waals surface area contributed by atoms with Gasteiger partial charge in [-0.3, -0.25) is 19.1 Å². The minimum absolute atomic E-state index is 0.0213. The fourth-order valence-corrected chi connectivity index (χ4v) is 3.64. The number of aryl methyl sites for hydroxylation is 1. The van der Waals surface area contributed by atoms with E-state index in [0.717, 1.165) is 4.57 Å². The van der Waals surface area contributed by atoms with Gasteiger partial charge in [-0.2, -0.15) is 0 Å². The van der Waals surface area contributed by atoms with E-state index in [1.165, 1.54) is 24.0 Å². The van der Waals surface area contributed by atoms with Crippen LogP contribution in [0.4, 0.5) is 5.69 Å². The molecule has 3 aromatic rings. The summed E-state index contributed by atoms with van der Waals surface area (Å²) in [6.45, 7) is 2.32. The first kappa shape index (κ1) is 21.6. The molecule has 0 bridgehead atoms. The fourth-order valence-electron chi connectivity index (χ4n) is 3.64. The second-order valence-corrected chi connectivity index (χ2v) is 7.61. The summed E-state index contributed by atoms with van der Waals surface area (Å²) in [7, 11) is 0. The van der Waals surface area contributed by atoms with Gasteiger partial charge >= 0.3 is 5.69 Å². The molecule has 12 heteroatoms. The highest BCUT2D eigenvalue weighted by Crippen LogP contribution is 2.39. The molecule has 168 valence electrons.